The predicted molar refractivity (Wildman–Crippen MR) is 128 cm³/mol. The van der Waals surface area contributed by atoms with Gasteiger partial charge in [-0.25, -0.2) is 4.39 Å². The van der Waals surface area contributed by atoms with Gasteiger partial charge in [-0.2, -0.15) is 9.97 Å². The molecule has 6 rings (SSSR count). The van der Waals surface area contributed by atoms with Crippen molar-refractivity contribution in [3.8, 4) is 6.01 Å². The number of aromatic nitrogens is 3. The Kier molecular flexibility index (Phi) is 4.99. The molecule has 3 aliphatic rings. The molecular formula is C26H26FN5O2. The van der Waals surface area contributed by atoms with Gasteiger partial charge in [0, 0.05) is 31.4 Å². The number of aliphatic hydroxyl groups excluding tert-OH is 1. The Labute approximate surface area is 196 Å². The van der Waals surface area contributed by atoms with Crippen LogP contribution in [0.3, 0.4) is 0 Å². The number of aliphatic hydroxyl groups is 1. The van der Waals surface area contributed by atoms with E-state index in [4.69, 9.17) is 4.74 Å². The summed E-state index contributed by atoms with van der Waals surface area (Å²) in [6, 6.07) is 8.48. The zero-order valence-corrected chi connectivity index (χ0v) is 19.1. The Bertz CT molecular complexity index is 1420. The van der Waals surface area contributed by atoms with E-state index < -0.39 is 5.82 Å². The summed E-state index contributed by atoms with van der Waals surface area (Å²) in [6.45, 7) is 3.42. The average molecular weight is 460 g/mol. The summed E-state index contributed by atoms with van der Waals surface area (Å²) in [5, 5.41) is 15.7. The topological polar surface area (TPSA) is 83.4 Å². The fourth-order valence-corrected chi connectivity index (χ4v) is 5.41. The third kappa shape index (κ3) is 3.49. The third-order valence-corrected chi connectivity index (χ3v) is 7.23. The van der Waals surface area contributed by atoms with E-state index >= 15 is 4.39 Å². The number of halogens is 1. The SMILES string of the molecule is C\C=C(O)/C=c1/cccc/c1=C\c1ncc2c(N3CC4NC(C3)C3CC43)nc(OC)nc2c1F. The summed E-state index contributed by atoms with van der Waals surface area (Å²) in [4.78, 5) is 15.6. The number of hydrogen-bond donors (Lipinski definition) is 2. The monoisotopic (exact) mass is 459 g/mol. The van der Waals surface area contributed by atoms with Crippen molar-refractivity contribution in [2.45, 2.75) is 25.4 Å². The molecule has 0 spiro atoms. The molecule has 3 fully saturated rings. The van der Waals surface area contributed by atoms with Gasteiger partial charge >= 0.3 is 6.01 Å². The average Bonchev–Trinajstić information content (AvgIpc) is 3.63. The number of ether oxygens (including phenoxy) is 1. The van der Waals surface area contributed by atoms with Crippen molar-refractivity contribution >= 4 is 28.9 Å². The number of piperazine rings is 1. The van der Waals surface area contributed by atoms with Crippen LogP contribution in [0.4, 0.5) is 10.2 Å². The number of nitrogens with zero attached hydrogens (tertiary/aromatic N) is 4. The number of piperidine rings is 1. The van der Waals surface area contributed by atoms with Gasteiger partial charge in [0.05, 0.1) is 12.5 Å². The van der Waals surface area contributed by atoms with Crippen LogP contribution in [0, 0.1) is 17.7 Å². The third-order valence-electron chi connectivity index (χ3n) is 7.23. The number of nitrogens with one attached hydrogen (secondary N) is 1. The summed E-state index contributed by atoms with van der Waals surface area (Å²) in [6.07, 6.45) is 7.86. The first-order chi connectivity index (χ1) is 16.6. The smallest absolute Gasteiger partial charge is 0.318 e. The van der Waals surface area contributed by atoms with Gasteiger partial charge in [0.15, 0.2) is 5.82 Å². The van der Waals surface area contributed by atoms with Gasteiger partial charge in [-0.3, -0.25) is 4.98 Å². The number of benzene rings is 1. The lowest BCUT2D eigenvalue weighted by atomic mass is 10.1. The molecule has 3 aromatic rings. The highest BCUT2D eigenvalue weighted by atomic mass is 19.1. The van der Waals surface area contributed by atoms with E-state index in [0.29, 0.717) is 23.3 Å². The molecule has 174 valence electrons. The Hall–Kier alpha value is -3.52. The first-order valence-corrected chi connectivity index (χ1v) is 11.6. The van der Waals surface area contributed by atoms with Crippen molar-refractivity contribution in [3.63, 3.8) is 0 Å². The van der Waals surface area contributed by atoms with Crippen molar-refractivity contribution < 1.29 is 14.2 Å². The van der Waals surface area contributed by atoms with Crippen LogP contribution >= 0.6 is 0 Å². The second kappa shape index (κ2) is 8.06. The van der Waals surface area contributed by atoms with Gasteiger partial charge in [0.2, 0.25) is 0 Å². The van der Waals surface area contributed by atoms with E-state index in [0.717, 1.165) is 35.4 Å². The number of methoxy groups -OCH3 is 1. The molecule has 4 unspecified atom stereocenters. The molecule has 1 saturated carbocycles. The number of rotatable bonds is 4. The first kappa shape index (κ1) is 21.0. The van der Waals surface area contributed by atoms with Crippen LogP contribution in [0.15, 0.2) is 42.3 Å². The lowest BCUT2D eigenvalue weighted by Gasteiger charge is -2.36. The maximum atomic E-state index is 15.8. The minimum absolute atomic E-state index is 0.137. The van der Waals surface area contributed by atoms with E-state index in [-0.39, 0.29) is 23.0 Å². The van der Waals surface area contributed by atoms with E-state index in [9.17, 15) is 5.11 Å². The molecule has 8 heteroatoms. The highest BCUT2D eigenvalue weighted by Gasteiger charge is 2.57. The van der Waals surface area contributed by atoms with Gasteiger partial charge in [-0.15, -0.1) is 0 Å². The van der Waals surface area contributed by atoms with Crippen LogP contribution in [-0.4, -0.2) is 52.3 Å². The van der Waals surface area contributed by atoms with Gasteiger partial charge in [-0.05, 0) is 53.8 Å². The number of pyridine rings is 1. The summed E-state index contributed by atoms with van der Waals surface area (Å²) in [7, 11) is 1.49. The van der Waals surface area contributed by atoms with Crippen LogP contribution in [-0.2, 0) is 0 Å². The lowest BCUT2D eigenvalue weighted by Crippen LogP contribution is -2.54. The predicted octanol–water partition coefficient (Wildman–Crippen LogP) is 2.04. The van der Waals surface area contributed by atoms with Crippen LogP contribution in [0.1, 0.15) is 19.0 Å². The molecule has 2 aromatic heterocycles. The zero-order chi connectivity index (χ0) is 23.4. The van der Waals surface area contributed by atoms with Crippen LogP contribution in [0.5, 0.6) is 6.01 Å². The maximum absolute atomic E-state index is 15.8. The number of anilines is 1. The Morgan fingerprint density at radius 1 is 1.18 bits per heavy atom. The zero-order valence-electron chi connectivity index (χ0n) is 19.1. The van der Waals surface area contributed by atoms with E-state index in [1.807, 2.05) is 24.3 Å². The largest absolute Gasteiger partial charge is 0.508 e. The Balaban J connectivity index is 1.47. The fraction of sp³-hybridized carbons (Fsp3) is 0.346. The van der Waals surface area contributed by atoms with Crippen molar-refractivity contribution in [3.05, 3.63) is 64.2 Å². The van der Waals surface area contributed by atoms with E-state index in [1.54, 1.807) is 31.3 Å². The second-order valence-electron chi connectivity index (χ2n) is 9.23. The molecule has 34 heavy (non-hydrogen) atoms. The summed E-state index contributed by atoms with van der Waals surface area (Å²) in [5.41, 5.74) is 0.360. The van der Waals surface area contributed by atoms with E-state index in [1.165, 1.54) is 13.5 Å². The normalized spacial score (nSPS) is 26.8. The highest BCUT2D eigenvalue weighted by molar-refractivity contribution is 5.90. The molecule has 0 amide bonds. The second-order valence-corrected chi connectivity index (χ2v) is 9.23. The molecule has 2 bridgehead atoms. The quantitative estimate of drug-likeness (QED) is 0.578. The maximum Gasteiger partial charge on any atom is 0.318 e. The Morgan fingerprint density at radius 3 is 2.62 bits per heavy atom. The van der Waals surface area contributed by atoms with Crippen LogP contribution in [0.25, 0.3) is 23.1 Å². The molecule has 4 atom stereocenters. The number of allylic oxidation sites excluding steroid dienone is 2. The molecule has 7 nitrogen and oxygen atoms in total. The summed E-state index contributed by atoms with van der Waals surface area (Å²) in [5.74, 6) is 1.78. The van der Waals surface area contributed by atoms with E-state index in [2.05, 4.69) is 25.2 Å². The molecule has 1 aromatic carbocycles. The molecule has 1 aliphatic carbocycles. The minimum atomic E-state index is -0.523. The molecule has 4 heterocycles. The van der Waals surface area contributed by atoms with Gasteiger partial charge < -0.3 is 20.1 Å². The molecule has 2 N–H and O–H groups in total. The van der Waals surface area contributed by atoms with Crippen LogP contribution < -0.4 is 25.4 Å². The first-order valence-electron chi connectivity index (χ1n) is 11.6. The molecule has 2 aliphatic heterocycles. The van der Waals surface area contributed by atoms with Crippen molar-refractivity contribution in [1.29, 1.82) is 0 Å². The number of hydrogen-bond acceptors (Lipinski definition) is 7. The van der Waals surface area contributed by atoms with Crippen molar-refractivity contribution in [1.82, 2.24) is 20.3 Å². The van der Waals surface area contributed by atoms with Gasteiger partial charge in [-0.1, -0.05) is 24.3 Å². The standard InChI is InChI=1S/C26H26FN5O2/c1-3-16(33)8-14-6-4-5-7-15(14)9-20-23(27)24-19(11-28-20)25(31-26(30-24)34-2)32-12-21-17-10-18(17)22(13-32)29-21/h3-9,11,17-18,21-22,29,33H,10,12-13H2,1-2H3/b14-8-,15-9+,16-3+. The highest BCUT2D eigenvalue weighted by Crippen LogP contribution is 2.51. The molecule has 0 radical (unpaired) electrons. The summed E-state index contributed by atoms with van der Waals surface area (Å²) < 4.78 is 21.1. The Morgan fingerprint density at radius 2 is 1.91 bits per heavy atom. The summed E-state index contributed by atoms with van der Waals surface area (Å²) >= 11 is 0. The van der Waals surface area contributed by atoms with Gasteiger partial charge in [0.1, 0.15) is 22.8 Å². The minimum Gasteiger partial charge on any atom is -0.508 e. The van der Waals surface area contributed by atoms with Crippen molar-refractivity contribution in [2.75, 3.05) is 25.1 Å². The number of fused-ring (bicyclic) bond motifs is 6. The van der Waals surface area contributed by atoms with Crippen LogP contribution in [0.2, 0.25) is 0 Å². The molecule has 2 saturated heterocycles. The molecular weight excluding hydrogens is 433 g/mol. The lowest BCUT2D eigenvalue weighted by molar-refractivity contribution is 0.377. The van der Waals surface area contributed by atoms with Crippen molar-refractivity contribution in [2.24, 2.45) is 11.8 Å². The van der Waals surface area contributed by atoms with Gasteiger partial charge in [0.25, 0.3) is 0 Å². The fourth-order valence-electron chi connectivity index (χ4n) is 5.41.